The fourth-order valence-electron chi connectivity index (χ4n) is 4.63. The highest BCUT2D eigenvalue weighted by Gasteiger charge is 2.53. The van der Waals surface area contributed by atoms with E-state index in [4.69, 9.17) is 25.5 Å². The minimum atomic E-state index is -2.43. The molecule has 2 unspecified atom stereocenters. The van der Waals surface area contributed by atoms with Crippen LogP contribution in [0.25, 0.3) is 0 Å². The maximum atomic E-state index is 16.0. The first kappa shape index (κ1) is 32.8. The first-order valence-electron chi connectivity index (χ1n) is 13.3. The van der Waals surface area contributed by atoms with E-state index in [1.54, 1.807) is 6.92 Å². The van der Waals surface area contributed by atoms with Crippen molar-refractivity contribution in [2.45, 2.75) is 114 Å². The lowest BCUT2D eigenvalue weighted by molar-refractivity contribution is -0.0414. The van der Waals surface area contributed by atoms with E-state index >= 15 is 4.39 Å². The van der Waals surface area contributed by atoms with E-state index in [0.29, 0.717) is 12.3 Å². The van der Waals surface area contributed by atoms with Gasteiger partial charge in [0.2, 0.25) is 11.8 Å². The van der Waals surface area contributed by atoms with Crippen molar-refractivity contribution in [1.82, 2.24) is 9.55 Å². The Morgan fingerprint density at radius 3 is 2.64 bits per heavy atom. The van der Waals surface area contributed by atoms with Gasteiger partial charge in [0.15, 0.2) is 20.7 Å². The second kappa shape index (κ2) is 12.3. The molecule has 2 aliphatic rings. The number of aromatic amines is 1. The van der Waals surface area contributed by atoms with Crippen molar-refractivity contribution in [3.63, 3.8) is 0 Å². The summed E-state index contributed by atoms with van der Waals surface area (Å²) in [6, 6.07) is 0. The van der Waals surface area contributed by atoms with Gasteiger partial charge in [-0.2, -0.15) is 4.52 Å². The maximum Gasteiger partial charge on any atom is 0.415 e. The van der Waals surface area contributed by atoms with Gasteiger partial charge in [0.05, 0.1) is 10.9 Å². The number of aliphatic hydroxyl groups is 1. The zero-order valence-electron chi connectivity index (χ0n) is 24.2. The third-order valence-corrected chi connectivity index (χ3v) is 17.3. The zero-order valence-corrected chi connectivity index (χ0v) is 27.7. The molecule has 1 aromatic rings. The minimum absolute atomic E-state index is 0.0178. The van der Waals surface area contributed by atoms with E-state index in [1.165, 1.54) is 17.6 Å². The number of alkyl halides is 1. The second-order valence-corrected chi connectivity index (χ2v) is 22.4. The Morgan fingerprint density at radius 2 is 2.08 bits per heavy atom. The molecule has 1 aliphatic heterocycles. The van der Waals surface area contributed by atoms with Gasteiger partial charge in [0.1, 0.15) is 30.2 Å². The number of H-pyrrole nitrogens is 1. The van der Waals surface area contributed by atoms with Crippen molar-refractivity contribution in [1.29, 1.82) is 0 Å². The summed E-state index contributed by atoms with van der Waals surface area (Å²) in [7, 11) is -2.43. The molecule has 1 saturated heterocycles. The third-order valence-electron chi connectivity index (χ3n) is 8.45. The van der Waals surface area contributed by atoms with Gasteiger partial charge in [0.25, 0.3) is 5.56 Å². The summed E-state index contributed by atoms with van der Waals surface area (Å²) >= 11 is 7.12. The summed E-state index contributed by atoms with van der Waals surface area (Å²) in [6.45, 7) is 19.8. The highest BCUT2D eigenvalue weighted by molar-refractivity contribution is 8.63. The number of rotatable bonds is 9. The molecule has 0 aromatic carbocycles. The summed E-state index contributed by atoms with van der Waals surface area (Å²) in [5.74, 6) is 0.296. The van der Waals surface area contributed by atoms with Gasteiger partial charge in [-0.15, -0.1) is 0 Å². The topological polar surface area (TPSA) is 103 Å². The van der Waals surface area contributed by atoms with Gasteiger partial charge in [-0.3, -0.25) is 14.3 Å². The van der Waals surface area contributed by atoms with Crippen LogP contribution < -0.4 is 11.2 Å². The van der Waals surface area contributed by atoms with E-state index in [1.807, 2.05) is 26.9 Å². The van der Waals surface area contributed by atoms with Crippen molar-refractivity contribution < 1.29 is 23.2 Å². The predicted octanol–water partition coefficient (Wildman–Crippen LogP) is 5.49. The molecule has 0 amide bonds. The Hall–Kier alpha value is -0.723. The highest BCUT2D eigenvalue weighted by Crippen LogP contribution is 2.55. The molecular formula is C26H43FN2O6PS2Si+. The second-order valence-electron chi connectivity index (χ2n) is 12.6. The number of ether oxygens (including phenoxy) is 1. The van der Waals surface area contributed by atoms with Gasteiger partial charge in [-0.1, -0.05) is 32.9 Å². The van der Waals surface area contributed by atoms with Crippen LogP contribution in [0, 0.1) is 12.8 Å². The van der Waals surface area contributed by atoms with Crippen LogP contribution in [0.5, 0.6) is 0 Å². The van der Waals surface area contributed by atoms with Gasteiger partial charge >= 0.3 is 11.8 Å². The number of nitrogens with one attached hydrogen (secondary N) is 1. The Morgan fingerprint density at radius 1 is 1.44 bits per heavy atom. The zero-order chi connectivity index (χ0) is 29.5. The maximum absolute atomic E-state index is 16.0. The Labute approximate surface area is 241 Å². The van der Waals surface area contributed by atoms with Crippen LogP contribution in [0.2, 0.25) is 18.1 Å². The van der Waals surface area contributed by atoms with Crippen LogP contribution in [-0.2, 0) is 25.5 Å². The molecule has 0 spiro atoms. The van der Waals surface area contributed by atoms with Crippen LogP contribution in [-0.4, -0.2) is 58.8 Å². The Kier molecular flexibility index (Phi) is 10.3. The van der Waals surface area contributed by atoms with Crippen LogP contribution >= 0.6 is 17.5 Å². The number of halogens is 1. The minimum Gasteiger partial charge on any atom is -0.408 e. The molecular weight excluding hydrogens is 578 g/mol. The Bertz CT molecular complexity index is 1200. The van der Waals surface area contributed by atoms with E-state index < -0.39 is 61.2 Å². The van der Waals surface area contributed by atoms with Crippen molar-refractivity contribution in [3.8, 4) is 0 Å². The summed E-state index contributed by atoms with van der Waals surface area (Å²) in [6.07, 6.45) is -3.06. The molecule has 39 heavy (non-hydrogen) atoms. The molecule has 220 valence electrons. The molecule has 2 N–H and O–H groups in total. The summed E-state index contributed by atoms with van der Waals surface area (Å²) < 4.78 is 35.3. The monoisotopic (exact) mass is 621 g/mol. The molecule has 1 saturated carbocycles. The summed E-state index contributed by atoms with van der Waals surface area (Å²) in [4.78, 5) is 26.6. The number of aromatic nitrogens is 2. The Balaban J connectivity index is 1.78. The lowest BCUT2D eigenvalue weighted by Gasteiger charge is -2.39. The van der Waals surface area contributed by atoms with Gasteiger partial charge < -0.3 is 14.3 Å². The highest BCUT2D eigenvalue weighted by atomic mass is 32.9. The van der Waals surface area contributed by atoms with E-state index in [9.17, 15) is 14.7 Å². The summed E-state index contributed by atoms with van der Waals surface area (Å²) in [5, 5.41) is 10.7. The number of aliphatic hydroxyl groups excluding tert-OH is 1. The third kappa shape index (κ3) is 7.38. The van der Waals surface area contributed by atoms with E-state index in [2.05, 4.69) is 32.3 Å². The van der Waals surface area contributed by atoms with Crippen LogP contribution in [0.3, 0.4) is 0 Å². The molecule has 0 radical (unpaired) electrons. The molecule has 0 bridgehead atoms. The standard InChI is InChI=1S/C26H42FN2O6PS2Si/c1-15(2)17-10-11-26(7,19(30)12-17)38-36(37)33-14-18-21(35-39(8,9)25(4,5)6)20(27)23(34-18)29-13-16(3)22(31)28-24(29)32/h13,17-21,23,30H,1,10-12,14H2,2-9H3/p+1/t17-,18+,19+,20+,21?,23+,26+/m0/s1. The normalized spacial score (nSPS) is 32.3. The van der Waals surface area contributed by atoms with Gasteiger partial charge in [-0.05, 0) is 64.1 Å². The van der Waals surface area contributed by atoms with E-state index in [0.717, 1.165) is 23.0 Å². The molecule has 8 nitrogen and oxygen atoms in total. The lowest BCUT2D eigenvalue weighted by atomic mass is 9.77. The van der Waals surface area contributed by atoms with Crippen molar-refractivity contribution in [3.05, 3.63) is 44.8 Å². The average Bonchev–Trinajstić information content (AvgIpc) is 3.10. The van der Waals surface area contributed by atoms with Crippen LogP contribution in [0.15, 0.2) is 27.9 Å². The quantitative estimate of drug-likeness (QED) is 0.212. The van der Waals surface area contributed by atoms with E-state index in [-0.39, 0.29) is 17.2 Å². The van der Waals surface area contributed by atoms with Gasteiger partial charge in [-0.25, -0.2) is 9.18 Å². The molecule has 2 fully saturated rings. The molecule has 1 aromatic heterocycles. The lowest BCUT2D eigenvalue weighted by Crippen LogP contribution is -2.49. The van der Waals surface area contributed by atoms with Crippen LogP contribution in [0.1, 0.15) is 65.7 Å². The average molecular weight is 622 g/mol. The molecule has 13 heteroatoms. The van der Waals surface area contributed by atoms with Crippen LogP contribution in [0.4, 0.5) is 4.39 Å². The summed E-state index contributed by atoms with van der Waals surface area (Å²) in [5.41, 5.74) is 0.0708. The van der Waals surface area contributed by atoms with Crippen molar-refractivity contribution >= 4 is 37.6 Å². The predicted molar refractivity (Wildman–Crippen MR) is 161 cm³/mol. The number of allylic oxidation sites excluding steroid dienone is 1. The number of aryl methyl sites for hydroxylation is 1. The first-order chi connectivity index (χ1) is 17.9. The van der Waals surface area contributed by atoms with Crippen molar-refractivity contribution in [2.24, 2.45) is 5.92 Å². The fourth-order valence-corrected chi connectivity index (χ4v) is 10.8. The number of nitrogens with zero attached hydrogens (tertiary/aromatic N) is 1. The van der Waals surface area contributed by atoms with Crippen molar-refractivity contribution in [2.75, 3.05) is 6.61 Å². The molecule has 8 atom stereocenters. The smallest absolute Gasteiger partial charge is 0.408 e. The number of hydrogen-bond donors (Lipinski definition) is 2. The fraction of sp³-hybridized carbons (Fsp3) is 0.769. The largest absolute Gasteiger partial charge is 0.415 e. The molecule has 1 aliphatic carbocycles. The number of hydrogen-bond acceptors (Lipinski definition) is 8. The molecule has 3 rings (SSSR count). The van der Waals surface area contributed by atoms with Gasteiger partial charge in [0, 0.05) is 11.8 Å². The first-order valence-corrected chi connectivity index (χ1v) is 19.9. The molecule has 2 heterocycles. The SMILES string of the molecule is C=C(C)[C@H]1CC[C@@](C)(S[P+](=S)OC[C@H]2O[C@@H](n3cc(C)c(=O)[nH]c3=O)[C@H](F)C2O[Si](C)(C)C(C)(C)C)[C@H](O)C1.